The highest BCUT2D eigenvalue weighted by Crippen LogP contribution is 2.50. The molecular weight excluding hydrogens is 1620 g/mol. The predicted octanol–water partition coefficient (Wildman–Crippen LogP) is 32.7. The second kappa shape index (κ2) is 31.5. The quantitative estimate of drug-likeness (QED) is 0.0879. The van der Waals surface area contributed by atoms with Crippen molar-refractivity contribution in [3.05, 3.63) is 455 Å². The summed E-state index contributed by atoms with van der Waals surface area (Å²) in [4.78, 5) is 27.1. The second-order valence-electron chi connectivity index (χ2n) is 34.2. The van der Waals surface area contributed by atoms with Gasteiger partial charge >= 0.3 is 5.82 Å². The van der Waals surface area contributed by atoms with E-state index in [1.165, 1.54) is 11.1 Å². The van der Waals surface area contributed by atoms with Crippen LogP contribution in [0.5, 0.6) is 0 Å². The Morgan fingerprint density at radius 2 is 0.632 bits per heavy atom. The number of furan rings is 3. The summed E-state index contributed by atoms with van der Waals surface area (Å²) in [5, 5.41) is 16.2. The first kappa shape index (κ1) is 76.3. The number of para-hydroxylation sites is 5. The third-order valence-corrected chi connectivity index (χ3v) is 26.3. The number of hydrogen-bond donors (Lipinski definition) is 0. The molecule has 9 heteroatoms. The van der Waals surface area contributed by atoms with Crippen molar-refractivity contribution in [3.63, 3.8) is 0 Å². The Hall–Kier alpha value is -17.9. The molecule has 27 rings (SSSR count). The molecule has 0 radical (unpaired) electrons. The zero-order valence-electron chi connectivity index (χ0n) is 71.7. The predicted molar refractivity (Wildman–Crippen MR) is 547 cm³/mol. The van der Waals surface area contributed by atoms with Crippen LogP contribution >= 0.6 is 0 Å². The molecule has 8 aromatic heterocycles. The highest BCUT2D eigenvalue weighted by Gasteiger charge is 2.29. The van der Waals surface area contributed by atoms with Crippen LogP contribution in [0.25, 0.3) is 271 Å². The highest BCUT2D eigenvalue weighted by atomic mass is 16.3. The van der Waals surface area contributed by atoms with E-state index in [-0.39, 0.29) is 0 Å². The third-order valence-electron chi connectivity index (χ3n) is 26.3. The molecule has 8 heterocycles. The number of nitrogens with zero attached hydrogens (tertiary/aromatic N) is 6. The van der Waals surface area contributed by atoms with Crippen molar-refractivity contribution in [2.24, 2.45) is 0 Å². The summed E-state index contributed by atoms with van der Waals surface area (Å²) in [7, 11) is 0. The Kier molecular flexibility index (Phi) is 18.1. The number of benzene rings is 19. The Bertz CT molecular complexity index is 9290. The van der Waals surface area contributed by atoms with Crippen LogP contribution in [0.2, 0.25) is 0 Å². The molecular formula is C124H75N6O3+. The van der Waals surface area contributed by atoms with Gasteiger partial charge in [-0.2, -0.15) is 4.40 Å². The van der Waals surface area contributed by atoms with Crippen LogP contribution in [0.1, 0.15) is 0 Å². The molecule has 0 spiro atoms. The fourth-order valence-electron chi connectivity index (χ4n) is 20.1. The number of hydrogen-bond acceptors (Lipinski definition) is 8. The molecule has 618 valence electrons. The molecule has 0 fully saturated rings. The van der Waals surface area contributed by atoms with Gasteiger partial charge in [0.25, 0.3) is 0 Å². The van der Waals surface area contributed by atoms with E-state index >= 15 is 0 Å². The molecule has 0 N–H and O–H groups in total. The first-order valence-corrected chi connectivity index (χ1v) is 45.0. The van der Waals surface area contributed by atoms with Crippen molar-refractivity contribution < 1.29 is 17.7 Å². The van der Waals surface area contributed by atoms with Crippen LogP contribution in [0, 0.1) is 0 Å². The summed E-state index contributed by atoms with van der Waals surface area (Å²) in [5.41, 5.74) is 31.5. The summed E-state index contributed by atoms with van der Waals surface area (Å²) in [6.07, 6.45) is 0. The zero-order chi connectivity index (χ0) is 87.6. The van der Waals surface area contributed by atoms with E-state index in [9.17, 15) is 0 Å². The molecule has 0 saturated heterocycles. The lowest BCUT2D eigenvalue weighted by Crippen LogP contribution is -2.27. The lowest BCUT2D eigenvalue weighted by Gasteiger charge is -2.16. The smallest absolute Gasteiger partial charge is 0.336 e. The van der Waals surface area contributed by atoms with Gasteiger partial charge in [-0.3, -0.25) is 0 Å². The van der Waals surface area contributed by atoms with Crippen molar-refractivity contribution >= 4 is 136 Å². The Morgan fingerprint density at radius 1 is 0.195 bits per heavy atom. The van der Waals surface area contributed by atoms with Gasteiger partial charge in [-0.15, -0.1) is 0 Å². The summed E-state index contributed by atoms with van der Waals surface area (Å²) >= 11 is 0. The van der Waals surface area contributed by atoms with Gasteiger partial charge in [0.15, 0.2) is 11.5 Å². The summed E-state index contributed by atoms with van der Waals surface area (Å²) in [6.45, 7) is 0. The van der Waals surface area contributed by atoms with Crippen molar-refractivity contribution in [2.75, 3.05) is 0 Å². The molecule has 0 atom stereocenters. The average Bonchev–Trinajstić information content (AvgIpc) is 1.64. The largest absolute Gasteiger partial charge is 0.456 e. The van der Waals surface area contributed by atoms with Gasteiger partial charge in [-0.05, 0) is 170 Å². The maximum Gasteiger partial charge on any atom is 0.336 e. The third kappa shape index (κ3) is 13.2. The van der Waals surface area contributed by atoms with E-state index in [2.05, 4.69) is 411 Å². The van der Waals surface area contributed by atoms with E-state index in [1.54, 1.807) is 0 Å². The molecule has 27 aromatic rings. The van der Waals surface area contributed by atoms with E-state index in [1.807, 2.05) is 48.5 Å². The molecule has 0 amide bonds. The lowest BCUT2D eigenvalue weighted by atomic mass is 9.88. The number of rotatable bonds is 12. The first-order valence-electron chi connectivity index (χ1n) is 45.0. The summed E-state index contributed by atoms with van der Waals surface area (Å²) < 4.78 is 22.4. The SMILES string of the molecule is c1ccc(-c2ccc(-c3nc4ccc5cc4c4c3cc3oc6ccccc6c3c4c3cccc(c3)c3cc(-c4cc(-c6ccccc6)cc(-c6ccccc6)c4)nc(-c4ccccc4)[n+]53)cc2)cc1.c1ccc(-c2ccc(-c3nc4ccccc4c4c(-c5cccc(-c6cc(-c7cccc8c7oc7ccccc78)nc(-c7ccccc7)n6)c5)c5c(cc34)oc3ccccc35)cc2)cc1. The van der Waals surface area contributed by atoms with Gasteiger partial charge in [0, 0.05) is 120 Å². The zero-order valence-corrected chi connectivity index (χ0v) is 71.7. The first-order chi connectivity index (χ1) is 65.9. The van der Waals surface area contributed by atoms with Crippen molar-refractivity contribution in [1.29, 1.82) is 0 Å². The normalized spacial score (nSPS) is 11.8. The molecule has 133 heavy (non-hydrogen) atoms. The van der Waals surface area contributed by atoms with Crippen molar-refractivity contribution in [3.8, 4) is 135 Å². The van der Waals surface area contributed by atoms with Gasteiger partial charge in [0.05, 0.1) is 39.4 Å². The van der Waals surface area contributed by atoms with Crippen LogP contribution in [0.15, 0.2) is 468 Å². The van der Waals surface area contributed by atoms with E-state index in [0.29, 0.717) is 5.82 Å². The van der Waals surface area contributed by atoms with Gasteiger partial charge < -0.3 is 13.3 Å². The van der Waals surface area contributed by atoms with E-state index in [0.717, 1.165) is 254 Å². The minimum Gasteiger partial charge on any atom is -0.456 e. The summed E-state index contributed by atoms with van der Waals surface area (Å²) in [5.74, 6) is 1.48. The van der Waals surface area contributed by atoms with Gasteiger partial charge in [-0.1, -0.05) is 340 Å². The minimum atomic E-state index is 0.639. The molecule has 9 nitrogen and oxygen atoms in total. The Morgan fingerprint density at radius 3 is 1.26 bits per heavy atom. The fourth-order valence-corrected chi connectivity index (χ4v) is 20.1. The Balaban J connectivity index is 0.000000139. The monoisotopic (exact) mass is 1700 g/mol. The molecule has 0 aliphatic carbocycles. The number of aromatic nitrogens is 6. The lowest BCUT2D eigenvalue weighted by molar-refractivity contribution is -0.471. The molecule has 0 aliphatic rings. The van der Waals surface area contributed by atoms with E-state index < -0.39 is 0 Å². The molecule has 0 unspecified atom stereocenters. The maximum absolute atomic E-state index is 6.80. The average molecular weight is 1700 g/mol. The van der Waals surface area contributed by atoms with Gasteiger partial charge in [0.1, 0.15) is 44.5 Å². The number of fused-ring (bicyclic) bond motifs is 20. The van der Waals surface area contributed by atoms with Gasteiger partial charge in [0.2, 0.25) is 0 Å². The van der Waals surface area contributed by atoms with Crippen molar-refractivity contribution in [2.45, 2.75) is 0 Å². The van der Waals surface area contributed by atoms with Crippen molar-refractivity contribution in [1.82, 2.24) is 24.9 Å². The maximum atomic E-state index is 6.80. The van der Waals surface area contributed by atoms with Crippen LogP contribution in [-0.2, 0) is 0 Å². The standard InChI is InChI=1S/C65H40N3O.C59H35N3O2/c1-5-16-41(17-6-1)44-28-30-45(31-29-44)64-55-39-60-63(53-26-13-14-27-59(53)69-60)61-48-25-15-24-47(34-48)58-40-57(51-36-49(42-18-7-2-8-19-42)35-50(37-51)43-20-9-3-10-21-43)67-65(46-22-11-4-12-23-46)68(58)52-32-33-56(66-64)54(38-52)62(55)61;1-3-15-36(16-4-1)37-29-31-38(32-30-37)57-47-34-53-56(46-23-9-12-28-52(46)63-53)54(55(47)44-22-7-10-26-48(44)60-57)41-20-13-19-40(33-41)49-35-50(62-59(61-49)39-17-5-2-6-18-39)45-25-14-24-43-42-21-8-11-27-51(42)64-58(43)45/h1-40H;1-35H/q+1;. The van der Waals surface area contributed by atoms with Crippen LogP contribution in [-0.4, -0.2) is 24.9 Å². The Labute approximate surface area is 763 Å². The molecule has 0 saturated carbocycles. The fraction of sp³-hybridized carbons (Fsp3) is 0. The minimum absolute atomic E-state index is 0.639. The van der Waals surface area contributed by atoms with Crippen LogP contribution in [0.4, 0.5) is 0 Å². The molecule has 0 aliphatic heterocycles. The van der Waals surface area contributed by atoms with Crippen LogP contribution in [0.3, 0.4) is 0 Å². The highest BCUT2D eigenvalue weighted by molar-refractivity contribution is 6.34. The number of pyridine rings is 2. The van der Waals surface area contributed by atoms with Gasteiger partial charge in [-0.25, -0.2) is 19.9 Å². The second-order valence-corrected chi connectivity index (χ2v) is 34.2. The molecule has 19 aromatic carbocycles. The topological polar surface area (TPSA) is 108 Å². The van der Waals surface area contributed by atoms with E-state index in [4.69, 9.17) is 38.2 Å². The molecule has 4 bridgehead atoms. The summed E-state index contributed by atoms with van der Waals surface area (Å²) in [6, 6.07) is 160. The van der Waals surface area contributed by atoms with Crippen LogP contribution < -0.4 is 4.40 Å².